The van der Waals surface area contributed by atoms with E-state index in [0.29, 0.717) is 0 Å². The lowest BCUT2D eigenvalue weighted by Gasteiger charge is -2.17. The van der Waals surface area contributed by atoms with Gasteiger partial charge in [0.1, 0.15) is 18.5 Å². The monoisotopic (exact) mass is 200 g/mol. The molecule has 76 valence electrons. The van der Waals surface area contributed by atoms with Gasteiger partial charge in [-0.25, -0.2) is 4.39 Å². The summed E-state index contributed by atoms with van der Waals surface area (Å²) >= 11 is 0. The molecule has 6 heteroatoms. The van der Waals surface area contributed by atoms with Crippen molar-refractivity contribution in [2.45, 2.75) is 12.5 Å². The van der Waals surface area contributed by atoms with Gasteiger partial charge < -0.3 is 5.11 Å². The molecule has 1 rings (SSSR count). The first-order valence-corrected chi connectivity index (χ1v) is 3.86. The van der Waals surface area contributed by atoms with Gasteiger partial charge >= 0.3 is 0 Å². The Bertz CT molecular complexity index is 337. The highest BCUT2D eigenvalue weighted by Gasteiger charge is 2.25. The quantitative estimate of drug-likeness (QED) is 0.586. The van der Waals surface area contributed by atoms with Crippen LogP contribution in [0.2, 0.25) is 0 Å². The molecule has 0 aliphatic heterocycles. The molecule has 0 spiro atoms. The number of hydrogen-bond acceptors (Lipinski definition) is 4. The Morgan fingerprint density at radius 1 is 1.71 bits per heavy atom. The Hall–Kier alpha value is -1.56. The van der Waals surface area contributed by atoms with Gasteiger partial charge in [0.15, 0.2) is 0 Å². The third-order valence-corrected chi connectivity index (χ3v) is 1.77. The summed E-state index contributed by atoms with van der Waals surface area (Å²) in [6, 6.07) is 2.41. The van der Waals surface area contributed by atoms with Crippen LogP contribution in [-0.4, -0.2) is 21.7 Å². The maximum Gasteiger partial charge on any atom is 0.287 e. The van der Waals surface area contributed by atoms with E-state index in [1.165, 1.54) is 19.1 Å². The van der Waals surface area contributed by atoms with Crippen LogP contribution in [0.1, 0.15) is 12.6 Å². The van der Waals surface area contributed by atoms with Crippen molar-refractivity contribution in [1.82, 2.24) is 4.98 Å². The SMILES string of the molecule is CC(O)(CF)c1ccc([N+](=O)[O-])cn1. The minimum absolute atomic E-state index is 0.0746. The summed E-state index contributed by atoms with van der Waals surface area (Å²) in [4.78, 5) is 13.3. The number of aliphatic hydroxyl groups is 1. The summed E-state index contributed by atoms with van der Waals surface area (Å²) in [5, 5.41) is 19.7. The van der Waals surface area contributed by atoms with E-state index in [4.69, 9.17) is 0 Å². The second kappa shape index (κ2) is 3.67. The molecule has 5 nitrogen and oxygen atoms in total. The largest absolute Gasteiger partial charge is 0.381 e. The molecule has 1 atom stereocenters. The second-order valence-electron chi connectivity index (χ2n) is 3.07. The fourth-order valence-corrected chi connectivity index (χ4v) is 0.881. The van der Waals surface area contributed by atoms with Crippen LogP contribution in [0.25, 0.3) is 0 Å². The predicted molar refractivity (Wildman–Crippen MR) is 46.4 cm³/mol. The first-order valence-electron chi connectivity index (χ1n) is 3.86. The Kier molecular flexibility index (Phi) is 2.76. The van der Waals surface area contributed by atoms with E-state index in [-0.39, 0.29) is 11.4 Å². The third-order valence-electron chi connectivity index (χ3n) is 1.77. The zero-order valence-corrected chi connectivity index (χ0v) is 7.48. The van der Waals surface area contributed by atoms with Crippen molar-refractivity contribution in [1.29, 1.82) is 0 Å². The van der Waals surface area contributed by atoms with Crippen molar-refractivity contribution < 1.29 is 14.4 Å². The van der Waals surface area contributed by atoms with Crippen LogP contribution in [0.5, 0.6) is 0 Å². The molecule has 1 aromatic rings. The molecule has 0 bridgehead atoms. The van der Waals surface area contributed by atoms with Crippen molar-refractivity contribution in [3.63, 3.8) is 0 Å². The van der Waals surface area contributed by atoms with E-state index < -0.39 is 17.2 Å². The lowest BCUT2D eigenvalue weighted by Crippen LogP contribution is -2.24. The van der Waals surface area contributed by atoms with E-state index in [1.807, 2.05) is 0 Å². The molecule has 0 amide bonds. The van der Waals surface area contributed by atoms with Crippen LogP contribution < -0.4 is 0 Å². The minimum atomic E-state index is -1.69. The number of rotatable bonds is 3. The second-order valence-corrected chi connectivity index (χ2v) is 3.07. The van der Waals surface area contributed by atoms with Crippen LogP contribution in [-0.2, 0) is 5.60 Å². The zero-order chi connectivity index (χ0) is 10.8. The summed E-state index contributed by atoms with van der Waals surface area (Å²) in [5.41, 5.74) is -1.80. The highest BCUT2D eigenvalue weighted by Crippen LogP contribution is 2.20. The highest BCUT2D eigenvalue weighted by molar-refractivity contribution is 5.28. The first-order chi connectivity index (χ1) is 6.47. The molecule has 1 N–H and O–H groups in total. The van der Waals surface area contributed by atoms with E-state index >= 15 is 0 Å². The van der Waals surface area contributed by atoms with Crippen molar-refractivity contribution >= 4 is 5.69 Å². The summed E-state index contributed by atoms with van der Waals surface area (Å²) < 4.78 is 12.3. The average Bonchev–Trinajstić information content (AvgIpc) is 2.18. The van der Waals surface area contributed by atoms with Gasteiger partial charge in [-0.2, -0.15) is 0 Å². The van der Waals surface area contributed by atoms with E-state index in [1.54, 1.807) is 0 Å². The fraction of sp³-hybridized carbons (Fsp3) is 0.375. The molecule has 1 heterocycles. The Labute approximate surface area is 79.4 Å². The molecule has 0 saturated heterocycles. The maximum atomic E-state index is 12.3. The Morgan fingerprint density at radius 2 is 2.36 bits per heavy atom. The lowest BCUT2D eigenvalue weighted by atomic mass is 10.0. The number of pyridine rings is 1. The Balaban J connectivity index is 2.99. The summed E-state index contributed by atoms with van der Waals surface area (Å²) in [7, 11) is 0. The first kappa shape index (κ1) is 10.5. The molecular weight excluding hydrogens is 191 g/mol. The van der Waals surface area contributed by atoms with Gasteiger partial charge in [0.05, 0.1) is 10.6 Å². The van der Waals surface area contributed by atoms with Gasteiger partial charge in [0.2, 0.25) is 0 Å². The third kappa shape index (κ3) is 2.02. The number of halogens is 1. The number of aromatic nitrogens is 1. The van der Waals surface area contributed by atoms with Crippen molar-refractivity contribution in [3.8, 4) is 0 Å². The molecule has 0 aliphatic carbocycles. The van der Waals surface area contributed by atoms with Gasteiger partial charge in [-0.1, -0.05) is 0 Å². The molecule has 0 fully saturated rings. The van der Waals surface area contributed by atoms with Gasteiger partial charge in [0.25, 0.3) is 5.69 Å². The summed E-state index contributed by atoms with van der Waals surface area (Å²) in [6.45, 7) is 0.263. The molecule has 0 radical (unpaired) electrons. The van der Waals surface area contributed by atoms with Crippen LogP contribution in [0, 0.1) is 10.1 Å². The van der Waals surface area contributed by atoms with E-state index in [0.717, 1.165) is 6.20 Å². The highest BCUT2D eigenvalue weighted by atomic mass is 19.1. The molecular formula is C8H9FN2O3. The number of alkyl halides is 1. The minimum Gasteiger partial charge on any atom is -0.381 e. The lowest BCUT2D eigenvalue weighted by molar-refractivity contribution is -0.385. The van der Waals surface area contributed by atoms with Crippen molar-refractivity contribution in [2.75, 3.05) is 6.67 Å². The van der Waals surface area contributed by atoms with Gasteiger partial charge in [-0.05, 0) is 13.0 Å². The number of nitrogens with zero attached hydrogens (tertiary/aromatic N) is 2. The molecule has 1 aromatic heterocycles. The van der Waals surface area contributed by atoms with Gasteiger partial charge in [-0.15, -0.1) is 0 Å². The normalized spacial score (nSPS) is 14.8. The predicted octanol–water partition coefficient (Wildman–Crippen LogP) is 1.17. The topological polar surface area (TPSA) is 76.3 Å². The fourth-order valence-electron chi connectivity index (χ4n) is 0.881. The van der Waals surface area contributed by atoms with Crippen molar-refractivity contribution in [2.24, 2.45) is 0 Å². The van der Waals surface area contributed by atoms with Crippen LogP contribution in [0.15, 0.2) is 18.3 Å². The molecule has 0 aromatic carbocycles. The van der Waals surface area contributed by atoms with E-state index in [2.05, 4.69) is 4.98 Å². The molecule has 0 saturated carbocycles. The molecule has 0 aliphatic rings. The van der Waals surface area contributed by atoms with Gasteiger partial charge in [0, 0.05) is 6.07 Å². The number of nitro groups is 1. The van der Waals surface area contributed by atoms with Gasteiger partial charge in [-0.3, -0.25) is 15.1 Å². The maximum absolute atomic E-state index is 12.3. The summed E-state index contributed by atoms with van der Waals surface area (Å²) in [6.07, 6.45) is 0.986. The number of hydrogen-bond donors (Lipinski definition) is 1. The van der Waals surface area contributed by atoms with Crippen LogP contribution in [0.4, 0.5) is 10.1 Å². The molecule has 1 unspecified atom stereocenters. The zero-order valence-electron chi connectivity index (χ0n) is 7.48. The average molecular weight is 200 g/mol. The van der Waals surface area contributed by atoms with Crippen molar-refractivity contribution in [3.05, 3.63) is 34.1 Å². The van der Waals surface area contributed by atoms with Crippen LogP contribution >= 0.6 is 0 Å². The van der Waals surface area contributed by atoms with Crippen LogP contribution in [0.3, 0.4) is 0 Å². The van der Waals surface area contributed by atoms with E-state index in [9.17, 15) is 19.6 Å². The summed E-state index contributed by atoms with van der Waals surface area (Å²) in [5.74, 6) is 0. The standard InChI is InChI=1S/C8H9FN2O3/c1-8(12,5-9)7-3-2-6(4-10-7)11(13)14/h2-4,12H,5H2,1H3. The Morgan fingerprint density at radius 3 is 2.71 bits per heavy atom. The smallest absolute Gasteiger partial charge is 0.287 e. The molecule has 14 heavy (non-hydrogen) atoms.